The molecule has 0 spiro atoms. The summed E-state index contributed by atoms with van der Waals surface area (Å²) in [6, 6.07) is -5.58. The SMILES string of the molecule is [B]C1CC(OP([O-])(=S)OCC)C(COP([O-])(=S)OC2CC([B])OC2COP([O-])(=S)OC2CC([B][CH]C(C)(C)C3(O)C(C)OC(OC4CC(O)(N=C(N)N)C(N=C(N)N)C(O)C4O)C3OC3OC(CO)C(O)C(O)C3NC)OC2COC)O1. The van der Waals surface area contributed by atoms with E-state index in [1.165, 1.54) is 21.1 Å². The van der Waals surface area contributed by atoms with Crippen molar-refractivity contribution in [3.05, 3.63) is 6.32 Å². The first-order valence-corrected chi connectivity index (χ1v) is 33.6. The summed E-state index contributed by atoms with van der Waals surface area (Å²) in [6.45, 7) is -8.25. The molecular formula is C42H74B3N7O24P3S3-3. The number of nitrogens with one attached hydrogen (secondary N) is 1. The number of nitrogens with zero attached hydrogens (tertiary/aromatic N) is 2. The highest BCUT2D eigenvalue weighted by molar-refractivity contribution is 8.07. The molecule has 6 rings (SSSR count). The standard InChI is InChI=1S/C42H77B3N7O24P3S3/c1-7-64-77(60,80)74-18-8-26(43)68-24(18)14-65-78(61,81)75-19-9-27(44)69-25(19)15-66-79(62,82)76-20-10-28(70-23(20)13-63-6)45-16-40(3,4)42(59)17(2)67-37(35(42)73-36-29(50-5)32(56)31(55)22(12-53)72-36)71-21-11-41(58,52-39(48)49)34(51-38(46)47)33(57)30(21)54/h16-37,50,53-59H,7-15H2,1-6H3,(H,60,80)(H,61,81)(H,62,82)(H4,46,47,51)(H4,48,49,52)/p-3. The van der Waals surface area contributed by atoms with Gasteiger partial charge in [0.15, 0.2) is 37.5 Å². The summed E-state index contributed by atoms with van der Waals surface area (Å²) < 4.78 is 81.0. The molecule has 16 N–H and O–H groups in total. The molecule has 82 heavy (non-hydrogen) atoms. The Morgan fingerprint density at radius 2 is 1.28 bits per heavy atom. The molecule has 1 saturated carbocycles. The number of aliphatic hydroxyl groups excluding tert-OH is 5. The molecule has 40 heteroatoms. The Kier molecular flexibility index (Phi) is 25.1. The van der Waals surface area contributed by atoms with E-state index in [4.69, 9.17) is 139 Å². The zero-order valence-corrected chi connectivity index (χ0v) is 50.8. The molecule has 1 aliphatic carbocycles. The van der Waals surface area contributed by atoms with Gasteiger partial charge < -0.3 is 144 Å². The van der Waals surface area contributed by atoms with Crippen LogP contribution in [0.25, 0.3) is 0 Å². The van der Waals surface area contributed by atoms with Gasteiger partial charge in [0.1, 0.15) is 102 Å². The second-order valence-electron chi connectivity index (χ2n) is 21.0. The van der Waals surface area contributed by atoms with Crippen LogP contribution in [0.5, 0.6) is 0 Å². The lowest BCUT2D eigenvalue weighted by molar-refractivity contribution is -0.321. The van der Waals surface area contributed by atoms with Gasteiger partial charge in [-0.15, -0.1) is 0 Å². The van der Waals surface area contributed by atoms with Crippen LogP contribution in [-0.4, -0.2) is 257 Å². The Labute approximate surface area is 493 Å². The molecule has 0 amide bonds. The molecule has 31 nitrogen and oxygen atoms in total. The number of methoxy groups -OCH3 is 1. The van der Waals surface area contributed by atoms with Crippen LogP contribution in [-0.2, 0) is 100 Å². The summed E-state index contributed by atoms with van der Waals surface area (Å²) in [4.78, 5) is 47.6. The highest BCUT2D eigenvalue weighted by atomic mass is 32.5. The Hall–Kier alpha value is -0.315. The van der Waals surface area contributed by atoms with Crippen LogP contribution in [0, 0.1) is 11.7 Å². The largest absolute Gasteiger partial charge is 0.780 e. The fourth-order valence-corrected chi connectivity index (χ4v) is 15.2. The van der Waals surface area contributed by atoms with Crippen molar-refractivity contribution in [1.29, 1.82) is 0 Å². The van der Waals surface area contributed by atoms with E-state index in [0.717, 1.165) is 0 Å². The van der Waals surface area contributed by atoms with Crippen molar-refractivity contribution >= 4 is 90.5 Å². The summed E-state index contributed by atoms with van der Waals surface area (Å²) in [6.07, 6.45) is -21.4. The molecule has 26 atom stereocenters. The van der Waals surface area contributed by atoms with Crippen LogP contribution < -0.4 is 42.9 Å². The van der Waals surface area contributed by atoms with Gasteiger partial charge >= 0.3 is 0 Å². The first-order valence-electron chi connectivity index (χ1n) is 26.0. The van der Waals surface area contributed by atoms with Crippen LogP contribution >= 0.6 is 20.2 Å². The van der Waals surface area contributed by atoms with Crippen LogP contribution in [0.15, 0.2) is 9.98 Å². The van der Waals surface area contributed by atoms with E-state index in [-0.39, 0.29) is 32.5 Å². The van der Waals surface area contributed by atoms with E-state index in [2.05, 4.69) is 15.3 Å². The Balaban J connectivity index is 1.14. The average molecular weight is 1280 g/mol. The summed E-state index contributed by atoms with van der Waals surface area (Å²) in [5.41, 5.74) is 16.3. The normalized spacial score (nSPS) is 43.0. The zero-order chi connectivity index (χ0) is 61.1. The second kappa shape index (κ2) is 29.1. The van der Waals surface area contributed by atoms with E-state index in [0.29, 0.717) is 0 Å². The minimum Gasteiger partial charge on any atom is -0.780 e. The molecule has 466 valence electrons. The predicted octanol–water partition coefficient (Wildman–Crippen LogP) is -7.81. The molecule has 5 aliphatic heterocycles. The maximum atomic E-state index is 13.9. The van der Waals surface area contributed by atoms with Crippen LogP contribution in [0.1, 0.15) is 53.4 Å². The molecule has 5 saturated heterocycles. The summed E-state index contributed by atoms with van der Waals surface area (Å²) in [5.74, 6) is -1.23. The Morgan fingerprint density at radius 3 is 1.78 bits per heavy atom. The number of aliphatic hydroxyl groups is 7. The highest BCUT2D eigenvalue weighted by Crippen LogP contribution is 2.52. The topological polar surface area (TPSA) is 481 Å². The lowest BCUT2D eigenvalue weighted by Crippen LogP contribution is -2.67. The third kappa shape index (κ3) is 17.3. The Morgan fingerprint density at radius 1 is 0.744 bits per heavy atom. The number of hydrogen-bond donors (Lipinski definition) is 12. The van der Waals surface area contributed by atoms with Crippen LogP contribution in [0.4, 0.5) is 0 Å². The highest BCUT2D eigenvalue weighted by Gasteiger charge is 2.65. The molecule has 5 heterocycles. The fourth-order valence-electron chi connectivity index (χ4n) is 10.7. The number of hydrogen-bond acceptors (Lipinski definition) is 30. The maximum absolute atomic E-state index is 13.9. The van der Waals surface area contributed by atoms with E-state index in [1.807, 2.05) is 0 Å². The molecule has 6 aliphatic rings. The number of nitrogens with two attached hydrogens (primary N) is 4. The average Bonchev–Trinajstić information content (AvgIpc) is 3.47. The van der Waals surface area contributed by atoms with Crippen molar-refractivity contribution in [2.75, 3.05) is 47.2 Å². The zero-order valence-electron chi connectivity index (χ0n) is 45.6. The quantitative estimate of drug-likeness (QED) is 0.0150. The van der Waals surface area contributed by atoms with Crippen molar-refractivity contribution in [3.63, 3.8) is 0 Å². The van der Waals surface area contributed by atoms with Crippen molar-refractivity contribution in [1.82, 2.24) is 5.32 Å². The molecule has 0 aromatic heterocycles. The molecule has 0 aromatic carbocycles. The van der Waals surface area contributed by atoms with E-state index in [1.54, 1.807) is 34.4 Å². The molecule has 0 bridgehead atoms. The van der Waals surface area contributed by atoms with Crippen molar-refractivity contribution in [3.8, 4) is 0 Å². The van der Waals surface area contributed by atoms with Gasteiger partial charge in [-0.2, -0.15) is 0 Å². The Bertz CT molecular complexity index is 2330. The molecule has 6 radical (unpaired) electrons. The van der Waals surface area contributed by atoms with Crippen molar-refractivity contribution < 1.29 is 115 Å². The summed E-state index contributed by atoms with van der Waals surface area (Å²) in [7, 11) is 16.4. The second-order valence-corrected chi connectivity index (χ2v) is 29.1. The van der Waals surface area contributed by atoms with E-state index >= 15 is 0 Å². The van der Waals surface area contributed by atoms with Gasteiger partial charge in [-0.25, -0.2) is 9.98 Å². The number of ether oxygens (including phenoxy) is 8. The van der Waals surface area contributed by atoms with Gasteiger partial charge in [0.2, 0.25) is 0 Å². The number of guanidine groups is 2. The molecule has 26 unspecified atom stereocenters. The first-order chi connectivity index (χ1) is 38.1. The fraction of sp³-hybridized carbons (Fsp3) is 0.929. The summed E-state index contributed by atoms with van der Waals surface area (Å²) in [5, 5.41) is 82.4. The van der Waals surface area contributed by atoms with Gasteiger partial charge in [-0.1, -0.05) is 55.6 Å². The molecular weight excluding hydrogens is 1210 g/mol. The third-order valence-electron chi connectivity index (χ3n) is 14.7. The van der Waals surface area contributed by atoms with Crippen molar-refractivity contribution in [2.45, 2.75) is 193 Å². The van der Waals surface area contributed by atoms with Gasteiger partial charge in [0.05, 0.1) is 69.6 Å². The lowest BCUT2D eigenvalue weighted by Gasteiger charge is -2.49. The maximum Gasteiger partial charge on any atom is 0.188 e. The molecule has 6 fully saturated rings. The number of likely N-dealkylation sites (N-methyl/N-ethyl adjacent to an activating group) is 1. The van der Waals surface area contributed by atoms with Gasteiger partial charge in [0, 0.05) is 31.5 Å². The lowest BCUT2D eigenvalue weighted by atomic mass is 9.53. The van der Waals surface area contributed by atoms with E-state index in [9.17, 15) is 50.4 Å². The number of aliphatic imine (C=N–C) groups is 2. The van der Waals surface area contributed by atoms with Crippen molar-refractivity contribution in [2.24, 2.45) is 38.3 Å². The molecule has 0 aromatic rings. The smallest absolute Gasteiger partial charge is 0.188 e. The van der Waals surface area contributed by atoms with Gasteiger partial charge in [-0.3, -0.25) is 0 Å². The van der Waals surface area contributed by atoms with Gasteiger partial charge in [0.25, 0.3) is 0 Å². The predicted molar refractivity (Wildman–Crippen MR) is 295 cm³/mol. The minimum atomic E-state index is -4.44. The number of rotatable bonds is 28. The van der Waals surface area contributed by atoms with Gasteiger partial charge in [-0.05, 0) is 45.6 Å². The van der Waals surface area contributed by atoms with E-state index < -0.39 is 203 Å². The third-order valence-corrected chi connectivity index (χ3v) is 19.6. The first kappa shape index (κ1) is 70.8. The van der Waals surface area contributed by atoms with Crippen LogP contribution in [0.3, 0.4) is 0 Å². The van der Waals surface area contributed by atoms with Crippen LogP contribution in [0.2, 0.25) is 0 Å². The summed E-state index contributed by atoms with van der Waals surface area (Å²) >= 11 is 15.4. The minimum absolute atomic E-state index is 0.00510. The monoisotopic (exact) mass is 1280 g/mol.